The minimum absolute atomic E-state index is 0.0402. The van der Waals surface area contributed by atoms with Crippen molar-refractivity contribution >= 4 is 27.5 Å². The summed E-state index contributed by atoms with van der Waals surface area (Å²) in [5.41, 5.74) is 6.72. The van der Waals surface area contributed by atoms with Crippen LogP contribution in [0.1, 0.15) is 12.5 Å². The Morgan fingerprint density at radius 3 is 2.60 bits per heavy atom. The van der Waals surface area contributed by atoms with Crippen molar-refractivity contribution in [1.82, 2.24) is 0 Å². The summed E-state index contributed by atoms with van der Waals surface area (Å²) in [5.74, 6) is 0.600. The summed E-state index contributed by atoms with van der Waals surface area (Å²) in [7, 11) is 0. The Kier molecular flexibility index (Phi) is 5.02. The van der Waals surface area contributed by atoms with E-state index in [9.17, 15) is 4.39 Å². The minimum Gasteiger partial charge on any atom is -0.457 e. The molecule has 0 bridgehead atoms. The molecular weight excluding hydrogens is 345 g/mol. The van der Waals surface area contributed by atoms with Crippen LogP contribution in [0.2, 0.25) is 5.02 Å². The van der Waals surface area contributed by atoms with Crippen LogP contribution >= 0.6 is 27.5 Å². The second-order valence-electron chi connectivity index (χ2n) is 4.64. The summed E-state index contributed by atoms with van der Waals surface area (Å²) < 4.78 is 19.5. The Morgan fingerprint density at radius 1 is 1.25 bits per heavy atom. The Morgan fingerprint density at radius 2 is 2.00 bits per heavy atom. The van der Waals surface area contributed by atoms with E-state index < -0.39 is 0 Å². The molecule has 2 aromatic carbocycles. The van der Waals surface area contributed by atoms with Crippen molar-refractivity contribution in [3.63, 3.8) is 0 Å². The molecular formula is C15H14BrClFNO. The molecule has 0 saturated carbocycles. The molecule has 20 heavy (non-hydrogen) atoms. The average Bonchev–Trinajstić information content (AvgIpc) is 2.31. The lowest BCUT2D eigenvalue weighted by atomic mass is 10.1. The third kappa shape index (κ3) is 4.20. The normalized spacial score (nSPS) is 12.2. The third-order valence-corrected chi connectivity index (χ3v) is 3.45. The summed E-state index contributed by atoms with van der Waals surface area (Å²) in [5, 5.41) is 0.593. The van der Waals surface area contributed by atoms with Crippen LogP contribution in [0.25, 0.3) is 0 Å². The van der Waals surface area contributed by atoms with Gasteiger partial charge in [-0.15, -0.1) is 0 Å². The maximum absolute atomic E-state index is 13.3. The lowest BCUT2D eigenvalue weighted by molar-refractivity contribution is 0.476. The fourth-order valence-electron chi connectivity index (χ4n) is 1.83. The van der Waals surface area contributed by atoms with Crippen LogP contribution in [0.4, 0.5) is 4.39 Å². The van der Waals surface area contributed by atoms with Crippen LogP contribution in [0.5, 0.6) is 11.5 Å². The highest BCUT2D eigenvalue weighted by atomic mass is 79.9. The first-order valence-corrected chi connectivity index (χ1v) is 7.29. The second kappa shape index (κ2) is 6.57. The van der Waals surface area contributed by atoms with Gasteiger partial charge in [0.25, 0.3) is 0 Å². The Labute approximate surface area is 130 Å². The molecule has 0 aliphatic rings. The molecule has 0 aromatic heterocycles. The van der Waals surface area contributed by atoms with Gasteiger partial charge in [-0.25, -0.2) is 4.39 Å². The number of rotatable bonds is 4. The molecule has 0 spiro atoms. The van der Waals surface area contributed by atoms with Gasteiger partial charge in [0.15, 0.2) is 0 Å². The van der Waals surface area contributed by atoms with Gasteiger partial charge in [0.05, 0.1) is 0 Å². The predicted molar refractivity (Wildman–Crippen MR) is 83.0 cm³/mol. The van der Waals surface area contributed by atoms with Crippen molar-refractivity contribution in [2.45, 2.75) is 19.4 Å². The fraction of sp³-hybridized carbons (Fsp3) is 0.200. The van der Waals surface area contributed by atoms with Crippen molar-refractivity contribution in [2.24, 2.45) is 5.73 Å². The van der Waals surface area contributed by atoms with Crippen LogP contribution in [0, 0.1) is 5.82 Å². The highest BCUT2D eigenvalue weighted by Crippen LogP contribution is 2.29. The topological polar surface area (TPSA) is 35.2 Å². The predicted octanol–water partition coefficient (Wildman–Crippen LogP) is 4.92. The molecule has 2 N–H and O–H groups in total. The lowest BCUT2D eigenvalue weighted by Gasteiger charge is -2.11. The zero-order valence-corrected chi connectivity index (χ0v) is 13.2. The Balaban J connectivity index is 2.19. The number of benzene rings is 2. The molecule has 0 aliphatic carbocycles. The molecule has 1 unspecified atom stereocenters. The van der Waals surface area contributed by atoms with Gasteiger partial charge in [-0.05, 0) is 43.2 Å². The van der Waals surface area contributed by atoms with Crippen molar-refractivity contribution in [3.8, 4) is 11.5 Å². The van der Waals surface area contributed by atoms with E-state index >= 15 is 0 Å². The van der Waals surface area contributed by atoms with Crippen LogP contribution in [0.15, 0.2) is 40.9 Å². The summed E-state index contributed by atoms with van der Waals surface area (Å²) in [6.07, 6.45) is 0.699. The highest BCUT2D eigenvalue weighted by molar-refractivity contribution is 9.10. The van der Waals surface area contributed by atoms with E-state index in [-0.39, 0.29) is 11.9 Å². The van der Waals surface area contributed by atoms with E-state index in [0.717, 1.165) is 5.56 Å². The number of halogens is 3. The van der Waals surface area contributed by atoms with Gasteiger partial charge in [-0.3, -0.25) is 0 Å². The molecule has 2 nitrogen and oxygen atoms in total. The quantitative estimate of drug-likeness (QED) is 0.841. The molecule has 5 heteroatoms. The van der Waals surface area contributed by atoms with Gasteiger partial charge in [0, 0.05) is 21.6 Å². The van der Waals surface area contributed by atoms with Gasteiger partial charge in [-0.1, -0.05) is 33.6 Å². The van der Waals surface area contributed by atoms with Crippen molar-refractivity contribution in [1.29, 1.82) is 0 Å². The maximum Gasteiger partial charge on any atom is 0.131 e. The van der Waals surface area contributed by atoms with E-state index in [2.05, 4.69) is 15.9 Å². The van der Waals surface area contributed by atoms with Crippen molar-refractivity contribution in [2.75, 3.05) is 0 Å². The zero-order chi connectivity index (χ0) is 14.7. The summed E-state index contributed by atoms with van der Waals surface area (Å²) in [6.45, 7) is 1.92. The fourth-order valence-corrected chi connectivity index (χ4v) is 2.52. The average molecular weight is 359 g/mol. The molecule has 2 aromatic rings. The van der Waals surface area contributed by atoms with Crippen LogP contribution in [0.3, 0.4) is 0 Å². The second-order valence-corrected chi connectivity index (χ2v) is 5.96. The Hall–Kier alpha value is -1.10. The molecule has 2 rings (SSSR count). The number of hydrogen-bond donors (Lipinski definition) is 1. The largest absolute Gasteiger partial charge is 0.457 e. The molecule has 1 atom stereocenters. The summed E-state index contributed by atoms with van der Waals surface area (Å²) >= 11 is 9.40. The number of nitrogens with two attached hydrogens (primary N) is 1. The Bertz CT molecular complexity index is 599. The monoisotopic (exact) mass is 357 g/mol. The van der Waals surface area contributed by atoms with E-state index in [1.807, 2.05) is 13.0 Å². The molecule has 0 aliphatic heterocycles. The highest BCUT2D eigenvalue weighted by Gasteiger charge is 2.07. The molecule has 0 amide bonds. The summed E-state index contributed by atoms with van der Waals surface area (Å²) in [4.78, 5) is 0. The third-order valence-electron chi connectivity index (χ3n) is 2.64. The molecule has 0 heterocycles. The molecule has 0 saturated heterocycles. The first kappa shape index (κ1) is 15.3. The maximum atomic E-state index is 13.3. The SMILES string of the molecule is CC(N)Cc1ccc(Oc2cc(F)cc(Br)c2)cc1Cl. The first-order valence-electron chi connectivity index (χ1n) is 6.12. The van der Waals surface area contributed by atoms with Crippen molar-refractivity contribution < 1.29 is 9.13 Å². The zero-order valence-electron chi connectivity index (χ0n) is 10.9. The van der Waals surface area contributed by atoms with Gasteiger partial charge in [-0.2, -0.15) is 0 Å². The smallest absolute Gasteiger partial charge is 0.131 e. The lowest BCUT2D eigenvalue weighted by Crippen LogP contribution is -2.17. The molecule has 0 radical (unpaired) electrons. The van der Waals surface area contributed by atoms with Gasteiger partial charge in [0.1, 0.15) is 17.3 Å². The van der Waals surface area contributed by atoms with Crippen LogP contribution in [-0.2, 0) is 6.42 Å². The number of ether oxygens (including phenoxy) is 1. The van der Waals surface area contributed by atoms with E-state index in [1.165, 1.54) is 12.1 Å². The number of hydrogen-bond acceptors (Lipinski definition) is 2. The molecule has 0 fully saturated rings. The van der Waals surface area contributed by atoms with E-state index in [0.29, 0.717) is 27.4 Å². The summed E-state index contributed by atoms with van der Waals surface area (Å²) in [6, 6.07) is 9.78. The standard InChI is InChI=1S/C15H14BrClFNO/c1-9(19)4-10-2-3-13(8-15(10)17)20-14-6-11(16)5-12(18)7-14/h2-3,5-9H,4,19H2,1H3. The van der Waals surface area contributed by atoms with Gasteiger partial charge >= 0.3 is 0 Å². The first-order chi connectivity index (χ1) is 9.44. The van der Waals surface area contributed by atoms with E-state index in [1.54, 1.807) is 18.2 Å². The minimum atomic E-state index is -0.367. The van der Waals surface area contributed by atoms with Crippen LogP contribution < -0.4 is 10.5 Å². The van der Waals surface area contributed by atoms with Gasteiger partial charge in [0.2, 0.25) is 0 Å². The molecule has 106 valence electrons. The van der Waals surface area contributed by atoms with Gasteiger partial charge < -0.3 is 10.5 Å². The van der Waals surface area contributed by atoms with Crippen LogP contribution in [-0.4, -0.2) is 6.04 Å². The van der Waals surface area contributed by atoms with E-state index in [4.69, 9.17) is 22.1 Å². The van der Waals surface area contributed by atoms with Crippen molar-refractivity contribution in [3.05, 3.63) is 57.3 Å².